The molecular formula is C24H22N6O4S2. The molecule has 0 spiro atoms. The maximum absolute atomic E-state index is 12.5. The van der Waals surface area contributed by atoms with Gasteiger partial charge in [0, 0.05) is 34.7 Å². The summed E-state index contributed by atoms with van der Waals surface area (Å²) in [6.07, 6.45) is 1.24. The number of hydrogen-bond acceptors (Lipinski definition) is 8. The highest BCUT2D eigenvalue weighted by Gasteiger charge is 2.17. The minimum atomic E-state index is -3.90. The molecule has 0 unspecified atom stereocenters. The van der Waals surface area contributed by atoms with Crippen LogP contribution in [0.1, 0.15) is 18.1 Å². The molecule has 0 aliphatic rings. The fraction of sp³-hybridized carbons (Fsp3) is 0.125. The lowest BCUT2D eigenvalue weighted by Gasteiger charge is -2.09. The first-order valence-corrected chi connectivity index (χ1v) is 13.1. The number of hydrazone groups is 1. The van der Waals surface area contributed by atoms with Crippen LogP contribution >= 0.6 is 11.8 Å². The average Bonchev–Trinajstić information content (AvgIpc) is 3.28. The van der Waals surface area contributed by atoms with E-state index in [4.69, 9.17) is 0 Å². The summed E-state index contributed by atoms with van der Waals surface area (Å²) in [5.74, 6) is 0.698. The maximum Gasteiger partial charge on any atom is 0.276 e. The third-order valence-corrected chi connectivity index (χ3v) is 7.49. The van der Waals surface area contributed by atoms with Crippen molar-refractivity contribution in [3.63, 3.8) is 0 Å². The molecule has 0 radical (unpaired) electrons. The second-order valence-corrected chi connectivity index (χ2v) is 10.3. The number of nitro groups is 1. The van der Waals surface area contributed by atoms with Gasteiger partial charge in [0.25, 0.3) is 15.7 Å². The number of sulfonamides is 1. The predicted octanol–water partition coefficient (Wildman–Crippen LogP) is 4.65. The van der Waals surface area contributed by atoms with Gasteiger partial charge in [-0.1, -0.05) is 48.0 Å². The summed E-state index contributed by atoms with van der Waals surface area (Å²) in [6.45, 7) is 4.43. The summed E-state index contributed by atoms with van der Waals surface area (Å²) in [7, 11) is -3.90. The molecule has 0 amide bonds. The van der Waals surface area contributed by atoms with Crippen LogP contribution in [0.2, 0.25) is 0 Å². The van der Waals surface area contributed by atoms with Crippen LogP contribution in [0, 0.1) is 17.0 Å². The van der Waals surface area contributed by atoms with E-state index in [-0.39, 0.29) is 10.6 Å². The van der Waals surface area contributed by atoms with E-state index in [1.807, 2.05) is 48.7 Å². The third kappa shape index (κ3) is 5.61. The molecule has 1 heterocycles. The van der Waals surface area contributed by atoms with Crippen LogP contribution in [0.25, 0.3) is 11.4 Å². The highest BCUT2D eigenvalue weighted by molar-refractivity contribution is 7.99. The number of nitrogens with zero attached hydrogens (tertiary/aromatic N) is 5. The van der Waals surface area contributed by atoms with Crippen molar-refractivity contribution in [1.82, 2.24) is 19.6 Å². The van der Waals surface area contributed by atoms with Crippen LogP contribution in [0.5, 0.6) is 0 Å². The number of aryl methyl sites for hydroxylation is 1. The van der Waals surface area contributed by atoms with Gasteiger partial charge in [0.15, 0.2) is 11.0 Å². The first-order chi connectivity index (χ1) is 17.3. The Balaban J connectivity index is 1.64. The molecule has 1 aromatic heterocycles. The number of hydrogen-bond donors (Lipinski definition) is 1. The molecule has 10 nitrogen and oxygen atoms in total. The smallest absolute Gasteiger partial charge is 0.276 e. The Labute approximate surface area is 212 Å². The van der Waals surface area contributed by atoms with E-state index in [2.05, 4.69) is 20.1 Å². The molecule has 4 aromatic rings. The van der Waals surface area contributed by atoms with E-state index in [0.717, 1.165) is 11.1 Å². The Morgan fingerprint density at radius 1 is 1.08 bits per heavy atom. The van der Waals surface area contributed by atoms with Gasteiger partial charge in [0.2, 0.25) is 0 Å². The van der Waals surface area contributed by atoms with Gasteiger partial charge < -0.3 is 4.57 Å². The lowest BCUT2D eigenvalue weighted by atomic mass is 10.2. The van der Waals surface area contributed by atoms with Gasteiger partial charge >= 0.3 is 0 Å². The van der Waals surface area contributed by atoms with Gasteiger partial charge in [-0.3, -0.25) is 10.1 Å². The van der Waals surface area contributed by atoms with Gasteiger partial charge in [0.1, 0.15) is 0 Å². The minimum Gasteiger partial charge on any atom is -0.302 e. The number of nitrogens with one attached hydrogen (secondary N) is 1. The fourth-order valence-corrected chi connectivity index (χ4v) is 5.09. The first-order valence-electron chi connectivity index (χ1n) is 10.8. The highest BCUT2D eigenvalue weighted by atomic mass is 32.2. The Morgan fingerprint density at radius 2 is 1.81 bits per heavy atom. The van der Waals surface area contributed by atoms with Gasteiger partial charge in [-0.25, -0.2) is 4.83 Å². The maximum atomic E-state index is 12.5. The molecule has 0 aliphatic carbocycles. The van der Waals surface area contributed by atoms with Gasteiger partial charge in [-0.2, -0.15) is 13.5 Å². The van der Waals surface area contributed by atoms with Crippen LogP contribution < -0.4 is 4.83 Å². The summed E-state index contributed by atoms with van der Waals surface area (Å²) < 4.78 is 27.0. The van der Waals surface area contributed by atoms with E-state index in [1.54, 1.807) is 18.2 Å². The van der Waals surface area contributed by atoms with E-state index in [1.165, 1.54) is 42.2 Å². The fourth-order valence-electron chi connectivity index (χ4n) is 3.33. The minimum absolute atomic E-state index is 0.0587. The van der Waals surface area contributed by atoms with Crippen LogP contribution in [0.15, 0.2) is 92.8 Å². The standard InChI is InChI=1S/C24H22N6O4S2/c1-3-29-23(18-7-5-4-6-8-18)26-27-24(29)35-22-14-11-20(30(31)32)15-19(22)16-25-28-36(33,34)21-12-9-17(2)10-13-21/h4-16,28H,3H2,1-2H3/b25-16-. The Kier molecular flexibility index (Phi) is 7.46. The number of rotatable bonds is 9. The zero-order chi connectivity index (χ0) is 25.7. The third-order valence-electron chi connectivity index (χ3n) is 5.18. The zero-order valence-electron chi connectivity index (χ0n) is 19.4. The SMILES string of the molecule is CCn1c(Sc2ccc([N+](=O)[O-])cc2/C=N\NS(=O)(=O)c2ccc(C)cc2)nnc1-c1ccccc1. The zero-order valence-corrected chi connectivity index (χ0v) is 21.0. The van der Waals surface area contributed by atoms with Crippen molar-refractivity contribution < 1.29 is 13.3 Å². The predicted molar refractivity (Wildman–Crippen MR) is 137 cm³/mol. The van der Waals surface area contributed by atoms with E-state index >= 15 is 0 Å². The second-order valence-electron chi connectivity index (χ2n) is 7.66. The molecule has 0 saturated carbocycles. The molecule has 184 valence electrons. The van der Waals surface area contributed by atoms with E-state index < -0.39 is 14.9 Å². The lowest BCUT2D eigenvalue weighted by Crippen LogP contribution is -2.18. The van der Waals surface area contributed by atoms with Crippen LogP contribution in [-0.4, -0.2) is 34.3 Å². The molecule has 0 atom stereocenters. The molecule has 0 aliphatic heterocycles. The number of non-ortho nitro benzene ring substituents is 1. The van der Waals surface area contributed by atoms with Crippen molar-refractivity contribution >= 4 is 33.7 Å². The van der Waals surface area contributed by atoms with Gasteiger partial charge in [-0.05, 0) is 43.8 Å². The van der Waals surface area contributed by atoms with Crippen molar-refractivity contribution in [2.24, 2.45) is 5.10 Å². The van der Waals surface area contributed by atoms with Gasteiger partial charge in [0.05, 0.1) is 16.0 Å². The molecule has 36 heavy (non-hydrogen) atoms. The van der Waals surface area contributed by atoms with Crippen molar-refractivity contribution in [2.45, 2.75) is 35.3 Å². The number of aromatic nitrogens is 3. The average molecular weight is 523 g/mol. The Bertz CT molecular complexity index is 1520. The molecule has 4 rings (SSSR count). The molecule has 3 aromatic carbocycles. The first kappa shape index (κ1) is 25.1. The van der Waals surface area contributed by atoms with Crippen LogP contribution in [0.4, 0.5) is 5.69 Å². The molecule has 0 fully saturated rings. The normalized spacial score (nSPS) is 11.6. The topological polar surface area (TPSA) is 132 Å². The number of nitro benzene ring substituents is 1. The monoisotopic (exact) mass is 522 g/mol. The molecular weight excluding hydrogens is 500 g/mol. The van der Waals surface area contributed by atoms with Crippen molar-refractivity contribution in [2.75, 3.05) is 0 Å². The molecule has 1 N–H and O–H groups in total. The molecule has 12 heteroatoms. The Morgan fingerprint density at radius 3 is 2.47 bits per heavy atom. The largest absolute Gasteiger partial charge is 0.302 e. The van der Waals surface area contributed by atoms with Crippen molar-refractivity contribution in [1.29, 1.82) is 0 Å². The summed E-state index contributed by atoms with van der Waals surface area (Å²) in [5, 5.41) is 24.4. The summed E-state index contributed by atoms with van der Waals surface area (Å²) in [5.41, 5.74) is 2.04. The lowest BCUT2D eigenvalue weighted by molar-refractivity contribution is -0.384. The summed E-state index contributed by atoms with van der Waals surface area (Å²) >= 11 is 1.26. The van der Waals surface area contributed by atoms with Crippen molar-refractivity contribution in [3.05, 3.63) is 94.0 Å². The summed E-state index contributed by atoms with van der Waals surface area (Å²) in [4.78, 5) is 13.6. The molecule has 0 bridgehead atoms. The van der Waals surface area contributed by atoms with E-state index in [9.17, 15) is 18.5 Å². The van der Waals surface area contributed by atoms with Crippen LogP contribution in [0.3, 0.4) is 0 Å². The summed E-state index contributed by atoms with van der Waals surface area (Å²) in [6, 6.07) is 20.2. The van der Waals surface area contributed by atoms with Crippen LogP contribution in [-0.2, 0) is 16.6 Å². The van der Waals surface area contributed by atoms with Crippen molar-refractivity contribution in [3.8, 4) is 11.4 Å². The quantitative estimate of drug-likeness (QED) is 0.192. The highest BCUT2D eigenvalue weighted by Crippen LogP contribution is 2.33. The number of benzene rings is 3. The van der Waals surface area contributed by atoms with Gasteiger partial charge in [-0.15, -0.1) is 10.2 Å². The Hall–Kier alpha value is -4.03. The molecule has 0 saturated heterocycles. The second kappa shape index (κ2) is 10.7. The van der Waals surface area contributed by atoms with E-state index in [0.29, 0.717) is 28.0 Å².